The molecule has 1 aromatic carbocycles. The van der Waals surface area contributed by atoms with E-state index in [1.54, 1.807) is 12.1 Å². The number of nitrogens with one attached hydrogen (secondary N) is 2. The molecule has 0 aliphatic heterocycles. The number of hydrogen-bond donors (Lipinski definition) is 2. The fraction of sp³-hybridized carbons (Fsp3) is 0. The molecule has 0 bridgehead atoms. The number of H-pyrrole nitrogens is 1. The van der Waals surface area contributed by atoms with Gasteiger partial charge in [0.15, 0.2) is 0 Å². The lowest BCUT2D eigenvalue weighted by Crippen LogP contribution is -1.95. The van der Waals surface area contributed by atoms with E-state index in [-0.39, 0.29) is 5.69 Å². The molecule has 0 fully saturated rings. The Kier molecular flexibility index (Phi) is 3.23. The van der Waals surface area contributed by atoms with E-state index in [0.29, 0.717) is 15.9 Å². The van der Waals surface area contributed by atoms with Crippen LogP contribution in [0.4, 0.5) is 11.5 Å². The maximum Gasteiger partial charge on any atom is 0.144 e. The van der Waals surface area contributed by atoms with E-state index < -0.39 is 0 Å². The molecule has 2 heterocycles. The Morgan fingerprint density at radius 1 is 1.20 bits per heavy atom. The number of hydrogen-bond acceptors (Lipinski definition) is 3. The first kappa shape index (κ1) is 12.8. The fourth-order valence-corrected chi connectivity index (χ4v) is 2.45. The lowest BCUT2D eigenvalue weighted by atomic mass is 10.2. The van der Waals surface area contributed by atoms with E-state index in [0.717, 1.165) is 16.6 Å². The van der Waals surface area contributed by atoms with Gasteiger partial charge < -0.3 is 10.3 Å². The molecular weight excluding hydrogens is 295 g/mol. The Balaban J connectivity index is 2.01. The van der Waals surface area contributed by atoms with Gasteiger partial charge in [-0.1, -0.05) is 23.2 Å². The van der Waals surface area contributed by atoms with E-state index in [1.807, 2.05) is 24.4 Å². The van der Waals surface area contributed by atoms with Crippen molar-refractivity contribution in [2.45, 2.75) is 0 Å². The molecule has 6 heteroatoms. The fourth-order valence-electron chi connectivity index (χ4n) is 1.96. The summed E-state index contributed by atoms with van der Waals surface area (Å²) in [4.78, 5) is 7.23. The average molecular weight is 303 g/mol. The number of aromatic amines is 1. The molecule has 2 aromatic heterocycles. The Hall–Kier alpha value is -2.22. The highest BCUT2D eigenvalue weighted by molar-refractivity contribution is 6.35. The molecule has 0 saturated carbocycles. The van der Waals surface area contributed by atoms with Crippen molar-refractivity contribution in [3.63, 3.8) is 0 Å². The monoisotopic (exact) mass is 302 g/mol. The normalized spacial score (nSPS) is 10.4. The van der Waals surface area contributed by atoms with Crippen molar-refractivity contribution in [1.82, 2.24) is 9.97 Å². The van der Waals surface area contributed by atoms with Crippen LogP contribution in [0.5, 0.6) is 0 Å². The second-order valence-corrected chi connectivity index (χ2v) is 5.03. The number of aromatic nitrogens is 2. The van der Waals surface area contributed by atoms with E-state index in [1.165, 1.54) is 6.07 Å². The van der Waals surface area contributed by atoms with Gasteiger partial charge in [-0.2, -0.15) is 5.26 Å². The van der Waals surface area contributed by atoms with E-state index in [4.69, 9.17) is 28.5 Å². The minimum absolute atomic E-state index is 0.257. The largest absolute Gasteiger partial charge is 0.361 e. The molecule has 0 aliphatic rings. The van der Waals surface area contributed by atoms with Crippen molar-refractivity contribution < 1.29 is 0 Å². The molecule has 0 unspecified atom stereocenters. The molecule has 3 aromatic rings. The summed E-state index contributed by atoms with van der Waals surface area (Å²) in [6, 6.07) is 10.7. The number of nitrogens with zero attached hydrogens (tertiary/aromatic N) is 2. The molecule has 20 heavy (non-hydrogen) atoms. The van der Waals surface area contributed by atoms with E-state index >= 15 is 0 Å². The number of rotatable bonds is 2. The zero-order valence-corrected chi connectivity index (χ0v) is 11.6. The lowest BCUT2D eigenvalue weighted by Gasteiger charge is -2.07. The molecule has 2 N–H and O–H groups in total. The van der Waals surface area contributed by atoms with Gasteiger partial charge in [0.1, 0.15) is 17.6 Å². The van der Waals surface area contributed by atoms with Crippen LogP contribution < -0.4 is 5.32 Å². The van der Waals surface area contributed by atoms with Gasteiger partial charge >= 0.3 is 0 Å². The summed E-state index contributed by atoms with van der Waals surface area (Å²) in [6.07, 6.45) is 1.83. The summed E-state index contributed by atoms with van der Waals surface area (Å²) in [6.45, 7) is 0. The molecule has 0 spiro atoms. The van der Waals surface area contributed by atoms with Crippen LogP contribution in [0.1, 0.15) is 5.69 Å². The van der Waals surface area contributed by atoms with Crippen molar-refractivity contribution >= 4 is 45.6 Å². The first-order chi connectivity index (χ1) is 9.65. The summed E-state index contributed by atoms with van der Waals surface area (Å²) in [5, 5.41) is 14.0. The predicted octanol–water partition coefficient (Wildman–Crippen LogP) is 4.48. The molecule has 0 atom stereocenters. The van der Waals surface area contributed by atoms with Crippen LogP contribution in [0.3, 0.4) is 0 Å². The number of pyridine rings is 1. The first-order valence-electron chi connectivity index (χ1n) is 5.77. The number of benzene rings is 1. The second-order valence-electron chi connectivity index (χ2n) is 4.19. The minimum Gasteiger partial charge on any atom is -0.361 e. The molecule has 0 aliphatic carbocycles. The Labute approximate surface area is 125 Å². The zero-order chi connectivity index (χ0) is 14.1. The SMILES string of the molecule is N#Cc1cc(Cl)cc(Nc2cc(Cl)c3cc[nH]c3c2)n1. The third-order valence-electron chi connectivity index (χ3n) is 2.80. The van der Waals surface area contributed by atoms with Crippen LogP contribution in [-0.4, -0.2) is 9.97 Å². The summed E-state index contributed by atoms with van der Waals surface area (Å²) in [5.41, 5.74) is 1.94. The van der Waals surface area contributed by atoms with Gasteiger partial charge in [-0.15, -0.1) is 0 Å². The molecule has 0 amide bonds. The van der Waals surface area contributed by atoms with Crippen molar-refractivity contribution in [3.05, 3.63) is 52.3 Å². The highest BCUT2D eigenvalue weighted by atomic mass is 35.5. The van der Waals surface area contributed by atoms with Crippen LogP contribution in [0.15, 0.2) is 36.5 Å². The summed E-state index contributed by atoms with van der Waals surface area (Å²) in [7, 11) is 0. The standard InChI is InChI=1S/C14H8Cl2N4/c15-8-3-10(7-17)20-14(4-8)19-9-5-12(16)11-1-2-18-13(11)6-9/h1-6,18H,(H,19,20). The highest BCUT2D eigenvalue weighted by Gasteiger charge is 2.06. The van der Waals surface area contributed by atoms with Gasteiger partial charge in [0, 0.05) is 27.8 Å². The van der Waals surface area contributed by atoms with Crippen molar-refractivity contribution in [2.24, 2.45) is 0 Å². The molecule has 0 saturated heterocycles. The van der Waals surface area contributed by atoms with E-state index in [9.17, 15) is 0 Å². The van der Waals surface area contributed by atoms with Crippen LogP contribution in [-0.2, 0) is 0 Å². The quantitative estimate of drug-likeness (QED) is 0.733. The summed E-state index contributed by atoms with van der Waals surface area (Å²) >= 11 is 12.1. The van der Waals surface area contributed by atoms with Crippen molar-refractivity contribution in [3.8, 4) is 6.07 Å². The smallest absolute Gasteiger partial charge is 0.144 e. The van der Waals surface area contributed by atoms with Gasteiger partial charge in [-0.25, -0.2) is 4.98 Å². The Bertz CT molecular complexity index is 833. The minimum atomic E-state index is 0.257. The van der Waals surface area contributed by atoms with Crippen molar-refractivity contribution in [1.29, 1.82) is 5.26 Å². The molecule has 98 valence electrons. The van der Waals surface area contributed by atoms with Crippen molar-refractivity contribution in [2.75, 3.05) is 5.32 Å². The second kappa shape index (κ2) is 5.04. The summed E-state index contributed by atoms with van der Waals surface area (Å²) in [5.74, 6) is 0.496. The molecule has 3 rings (SSSR count). The number of anilines is 2. The molecular formula is C14H8Cl2N4. The van der Waals surface area contributed by atoms with Gasteiger partial charge in [0.2, 0.25) is 0 Å². The maximum atomic E-state index is 8.89. The van der Waals surface area contributed by atoms with Crippen LogP contribution in [0.2, 0.25) is 10.0 Å². The van der Waals surface area contributed by atoms with Gasteiger partial charge in [-0.05, 0) is 30.3 Å². The average Bonchev–Trinajstić information content (AvgIpc) is 2.86. The third-order valence-corrected chi connectivity index (χ3v) is 3.33. The van der Waals surface area contributed by atoms with Crippen LogP contribution >= 0.6 is 23.2 Å². The first-order valence-corrected chi connectivity index (χ1v) is 6.52. The highest BCUT2D eigenvalue weighted by Crippen LogP contribution is 2.29. The zero-order valence-electron chi connectivity index (χ0n) is 10.1. The molecule has 0 radical (unpaired) electrons. The third kappa shape index (κ3) is 2.42. The Morgan fingerprint density at radius 3 is 2.85 bits per heavy atom. The Morgan fingerprint density at radius 2 is 2.05 bits per heavy atom. The van der Waals surface area contributed by atoms with Gasteiger partial charge in [0.05, 0.1) is 5.02 Å². The van der Waals surface area contributed by atoms with Crippen LogP contribution in [0.25, 0.3) is 10.9 Å². The lowest BCUT2D eigenvalue weighted by molar-refractivity contribution is 1.25. The summed E-state index contributed by atoms with van der Waals surface area (Å²) < 4.78 is 0. The van der Waals surface area contributed by atoms with E-state index in [2.05, 4.69) is 15.3 Å². The predicted molar refractivity (Wildman–Crippen MR) is 80.6 cm³/mol. The molecule has 4 nitrogen and oxygen atoms in total. The topological polar surface area (TPSA) is 64.5 Å². The maximum absolute atomic E-state index is 8.89. The number of halogens is 2. The van der Waals surface area contributed by atoms with Gasteiger partial charge in [-0.3, -0.25) is 0 Å². The number of nitriles is 1. The van der Waals surface area contributed by atoms with Crippen LogP contribution in [0, 0.1) is 11.3 Å². The number of fused-ring (bicyclic) bond motifs is 1. The van der Waals surface area contributed by atoms with Gasteiger partial charge in [0.25, 0.3) is 0 Å².